The van der Waals surface area contributed by atoms with E-state index in [0.29, 0.717) is 5.69 Å². The summed E-state index contributed by atoms with van der Waals surface area (Å²) in [6.07, 6.45) is 5.03. The van der Waals surface area contributed by atoms with Crippen LogP contribution in [-0.2, 0) is 0 Å². The summed E-state index contributed by atoms with van der Waals surface area (Å²) in [5.74, 6) is -0.101. The Labute approximate surface area is 151 Å². The molecule has 3 N–H and O–H groups in total. The third-order valence-corrected chi connectivity index (χ3v) is 4.76. The fourth-order valence-electron chi connectivity index (χ4n) is 3.29. The Hall–Kier alpha value is -2.51. The maximum absolute atomic E-state index is 14.2. The number of aromatic nitrogens is 3. The maximum Gasteiger partial charge on any atom is 0.165 e. The Bertz CT molecular complexity index is 917. The Morgan fingerprint density at radius 3 is 3.00 bits per heavy atom. The second kappa shape index (κ2) is 7.01. The van der Waals surface area contributed by atoms with Crippen LogP contribution in [-0.4, -0.2) is 38.6 Å². The van der Waals surface area contributed by atoms with Crippen LogP contribution in [0.5, 0.6) is 0 Å². The number of halogens is 1. The highest BCUT2D eigenvalue weighted by Gasteiger charge is 2.17. The summed E-state index contributed by atoms with van der Waals surface area (Å²) < 4.78 is 16.1. The van der Waals surface area contributed by atoms with Gasteiger partial charge in [-0.2, -0.15) is 0 Å². The summed E-state index contributed by atoms with van der Waals surface area (Å²) >= 11 is 0. The molecule has 0 aliphatic carbocycles. The average Bonchev–Trinajstić information content (AvgIpc) is 3.07. The van der Waals surface area contributed by atoms with Crippen LogP contribution in [0.3, 0.4) is 0 Å². The number of pyridine rings is 2. The van der Waals surface area contributed by atoms with Gasteiger partial charge < -0.3 is 15.7 Å². The van der Waals surface area contributed by atoms with Crippen LogP contribution in [0, 0.1) is 5.82 Å². The van der Waals surface area contributed by atoms with Crippen molar-refractivity contribution in [2.45, 2.75) is 31.9 Å². The van der Waals surface area contributed by atoms with Crippen LogP contribution in [0.25, 0.3) is 17.0 Å². The van der Waals surface area contributed by atoms with Crippen LogP contribution < -0.4 is 10.6 Å². The van der Waals surface area contributed by atoms with E-state index in [4.69, 9.17) is 0 Å². The minimum Gasteiger partial charge on any atom is -0.389 e. The molecular weight excluding hydrogens is 333 g/mol. The lowest BCUT2D eigenvalue weighted by Crippen LogP contribution is -2.38. The zero-order chi connectivity index (χ0) is 18.1. The molecule has 7 heteroatoms. The van der Waals surface area contributed by atoms with E-state index in [9.17, 15) is 9.50 Å². The Morgan fingerprint density at radius 2 is 2.23 bits per heavy atom. The van der Waals surface area contributed by atoms with E-state index in [0.717, 1.165) is 42.8 Å². The van der Waals surface area contributed by atoms with Crippen LogP contribution in [0.4, 0.5) is 10.2 Å². The number of aliphatic hydroxyl groups is 1. The molecule has 0 spiro atoms. The van der Waals surface area contributed by atoms with Gasteiger partial charge >= 0.3 is 0 Å². The third kappa shape index (κ3) is 3.27. The van der Waals surface area contributed by atoms with E-state index in [-0.39, 0.29) is 17.7 Å². The molecule has 136 valence electrons. The lowest BCUT2D eigenvalue weighted by atomic mass is 10.1. The fraction of sp³-hybridized carbons (Fsp3) is 0.368. The molecule has 1 aliphatic heterocycles. The number of rotatable bonds is 4. The first-order valence-corrected chi connectivity index (χ1v) is 8.91. The van der Waals surface area contributed by atoms with Crippen molar-refractivity contribution in [3.05, 3.63) is 48.0 Å². The lowest BCUT2D eigenvalue weighted by molar-refractivity contribution is 0.199. The minimum absolute atomic E-state index is 0.171. The molecule has 4 rings (SSSR count). The van der Waals surface area contributed by atoms with E-state index in [1.165, 1.54) is 6.07 Å². The monoisotopic (exact) mass is 355 g/mol. The molecule has 1 saturated heterocycles. The van der Waals surface area contributed by atoms with Crippen molar-refractivity contribution in [3.8, 4) is 11.4 Å². The van der Waals surface area contributed by atoms with E-state index >= 15 is 0 Å². The molecule has 1 fully saturated rings. The first-order valence-electron chi connectivity index (χ1n) is 8.91. The zero-order valence-electron chi connectivity index (χ0n) is 14.6. The van der Waals surface area contributed by atoms with Gasteiger partial charge in [0.05, 0.1) is 23.7 Å². The van der Waals surface area contributed by atoms with Crippen molar-refractivity contribution in [1.82, 2.24) is 19.7 Å². The van der Waals surface area contributed by atoms with Crippen molar-refractivity contribution in [3.63, 3.8) is 0 Å². The second-order valence-corrected chi connectivity index (χ2v) is 6.72. The van der Waals surface area contributed by atoms with Gasteiger partial charge in [0.1, 0.15) is 5.65 Å². The van der Waals surface area contributed by atoms with Crippen molar-refractivity contribution < 1.29 is 9.50 Å². The van der Waals surface area contributed by atoms with Crippen LogP contribution in [0.15, 0.2) is 36.7 Å². The summed E-state index contributed by atoms with van der Waals surface area (Å²) in [5.41, 5.74) is 2.92. The predicted molar refractivity (Wildman–Crippen MR) is 98.5 cm³/mol. The van der Waals surface area contributed by atoms with E-state index in [2.05, 4.69) is 20.6 Å². The number of nitrogens with one attached hydrogen (secondary N) is 2. The predicted octanol–water partition coefficient (Wildman–Crippen LogP) is 2.75. The molecule has 0 saturated carbocycles. The third-order valence-electron chi connectivity index (χ3n) is 4.76. The molecule has 0 bridgehead atoms. The van der Waals surface area contributed by atoms with Crippen molar-refractivity contribution >= 4 is 11.5 Å². The SMILES string of the molecule is CC(O)c1ccc2ncc(-c3ccc(F)c(NC4CCCNC4)n3)n2c1. The van der Waals surface area contributed by atoms with E-state index in [1.807, 2.05) is 22.7 Å². The van der Waals surface area contributed by atoms with Crippen LogP contribution in [0.2, 0.25) is 0 Å². The van der Waals surface area contributed by atoms with E-state index in [1.54, 1.807) is 19.2 Å². The highest BCUT2D eigenvalue weighted by atomic mass is 19.1. The summed E-state index contributed by atoms with van der Waals surface area (Å²) in [6, 6.07) is 6.95. The van der Waals surface area contributed by atoms with Gasteiger partial charge in [-0.05, 0) is 50.1 Å². The van der Waals surface area contributed by atoms with Gasteiger partial charge in [0, 0.05) is 18.8 Å². The molecule has 1 aliphatic rings. The zero-order valence-corrected chi connectivity index (χ0v) is 14.6. The van der Waals surface area contributed by atoms with Crippen LogP contribution in [0.1, 0.15) is 31.4 Å². The van der Waals surface area contributed by atoms with Crippen LogP contribution >= 0.6 is 0 Å². The van der Waals surface area contributed by atoms with Gasteiger partial charge in [0.25, 0.3) is 0 Å². The quantitative estimate of drug-likeness (QED) is 0.671. The number of nitrogens with zero attached hydrogens (tertiary/aromatic N) is 3. The number of imidazole rings is 1. The normalized spacial score (nSPS) is 18.8. The molecule has 26 heavy (non-hydrogen) atoms. The molecule has 4 heterocycles. The molecule has 2 unspecified atom stereocenters. The number of hydrogen-bond donors (Lipinski definition) is 3. The average molecular weight is 355 g/mol. The molecular formula is C19H22FN5O. The maximum atomic E-state index is 14.2. The van der Waals surface area contributed by atoms with Gasteiger partial charge in [0.2, 0.25) is 0 Å². The second-order valence-electron chi connectivity index (χ2n) is 6.72. The smallest absolute Gasteiger partial charge is 0.165 e. The van der Waals surface area contributed by atoms with E-state index < -0.39 is 6.10 Å². The van der Waals surface area contributed by atoms with Gasteiger partial charge in [-0.15, -0.1) is 0 Å². The Morgan fingerprint density at radius 1 is 1.35 bits per heavy atom. The number of piperidine rings is 1. The molecule has 0 amide bonds. The van der Waals surface area contributed by atoms with Crippen molar-refractivity contribution in [2.24, 2.45) is 0 Å². The van der Waals surface area contributed by atoms with Gasteiger partial charge in [-0.1, -0.05) is 6.07 Å². The molecule has 3 aromatic rings. The number of fused-ring (bicyclic) bond motifs is 1. The molecule has 0 radical (unpaired) electrons. The Kier molecular flexibility index (Phi) is 4.57. The number of aliphatic hydroxyl groups excluding tert-OH is 1. The molecule has 6 nitrogen and oxygen atoms in total. The highest BCUT2D eigenvalue weighted by Crippen LogP contribution is 2.24. The highest BCUT2D eigenvalue weighted by molar-refractivity contribution is 5.62. The molecule has 2 atom stereocenters. The van der Waals surface area contributed by atoms with Gasteiger partial charge in [0.15, 0.2) is 11.6 Å². The van der Waals surface area contributed by atoms with Gasteiger partial charge in [-0.25, -0.2) is 14.4 Å². The van der Waals surface area contributed by atoms with Gasteiger partial charge in [-0.3, -0.25) is 4.40 Å². The molecule has 0 aromatic carbocycles. The summed E-state index contributed by atoms with van der Waals surface area (Å²) in [7, 11) is 0. The Balaban J connectivity index is 1.70. The topological polar surface area (TPSA) is 74.5 Å². The largest absolute Gasteiger partial charge is 0.389 e. The first-order chi connectivity index (χ1) is 12.6. The van der Waals surface area contributed by atoms with Crippen molar-refractivity contribution in [1.29, 1.82) is 0 Å². The lowest BCUT2D eigenvalue weighted by Gasteiger charge is -2.24. The number of hydrogen-bond acceptors (Lipinski definition) is 5. The summed E-state index contributed by atoms with van der Waals surface area (Å²) in [5, 5.41) is 16.3. The first kappa shape index (κ1) is 16.9. The number of anilines is 1. The fourth-order valence-corrected chi connectivity index (χ4v) is 3.29. The minimum atomic E-state index is -0.577. The summed E-state index contributed by atoms with van der Waals surface area (Å²) in [6.45, 7) is 3.52. The standard InChI is InChI=1S/C19H22FN5O/c1-12(26)13-4-7-18-22-10-17(25(18)11-13)16-6-5-15(20)19(24-16)23-14-3-2-8-21-9-14/h4-7,10-12,14,21,26H,2-3,8-9H2,1H3,(H,23,24). The van der Waals surface area contributed by atoms with Crippen molar-refractivity contribution in [2.75, 3.05) is 18.4 Å². The summed E-state index contributed by atoms with van der Waals surface area (Å²) in [4.78, 5) is 8.88. The molecule has 3 aromatic heterocycles.